The molecule has 2 N–H and O–H groups in total. The summed E-state index contributed by atoms with van der Waals surface area (Å²) in [6, 6.07) is 14.4. The number of nitrogens with zero attached hydrogens (tertiary/aromatic N) is 1. The maximum Gasteiger partial charge on any atom is 0.417 e. The number of amides is 3. The third-order valence-corrected chi connectivity index (χ3v) is 13.8. The second kappa shape index (κ2) is 12.5. The highest BCUT2D eigenvalue weighted by atomic mass is 32.2. The molecular weight excluding hydrogens is 628 g/mol. The molecule has 3 amide bonds. The Hall–Kier alpha value is -3.85. The van der Waals surface area contributed by atoms with Crippen LogP contribution in [0.1, 0.15) is 53.5 Å². The molecule has 9 nitrogen and oxygen atoms in total. The lowest BCUT2D eigenvalue weighted by molar-refractivity contribution is -0.137. The van der Waals surface area contributed by atoms with Gasteiger partial charge in [-0.2, -0.15) is 17.9 Å². The number of hydrogen-bond donors (Lipinski definition) is 2. The number of carbonyl (C=O) groups excluding carboxylic acids is 3. The molecule has 1 aliphatic heterocycles. The first kappa shape index (κ1) is 34.0. The van der Waals surface area contributed by atoms with Gasteiger partial charge >= 0.3 is 6.18 Å². The largest absolute Gasteiger partial charge is 0.417 e. The molecule has 4 rings (SSSR count). The van der Waals surface area contributed by atoms with E-state index in [0.29, 0.717) is 0 Å². The van der Waals surface area contributed by atoms with E-state index in [1.54, 1.807) is 12.1 Å². The number of nitrogens with one attached hydrogen (secondary N) is 2. The summed E-state index contributed by atoms with van der Waals surface area (Å²) in [5.74, 6) is -1.97. The van der Waals surface area contributed by atoms with E-state index in [-0.39, 0.29) is 45.2 Å². The van der Waals surface area contributed by atoms with Crippen LogP contribution in [0.3, 0.4) is 0 Å². The van der Waals surface area contributed by atoms with Crippen LogP contribution in [0.25, 0.3) is 11.1 Å². The van der Waals surface area contributed by atoms with Crippen LogP contribution in [0, 0.1) is 0 Å². The zero-order valence-electron chi connectivity index (χ0n) is 25.4. The summed E-state index contributed by atoms with van der Waals surface area (Å²) in [5, 5.41) is -0.290. The second-order valence-electron chi connectivity index (χ2n) is 12.2. The molecule has 0 bridgehead atoms. The number of halogens is 3. The van der Waals surface area contributed by atoms with Crippen molar-refractivity contribution in [3.05, 3.63) is 89.5 Å². The summed E-state index contributed by atoms with van der Waals surface area (Å²) in [4.78, 5) is 39.7. The Kier molecular flexibility index (Phi) is 9.45. The molecule has 14 heteroatoms. The van der Waals surface area contributed by atoms with Crippen molar-refractivity contribution in [2.24, 2.45) is 0 Å². The summed E-state index contributed by atoms with van der Waals surface area (Å²) in [5.41, 5.74) is 1.93. The first-order valence-electron chi connectivity index (χ1n) is 14.1. The summed E-state index contributed by atoms with van der Waals surface area (Å²) in [6.45, 7) is 9.33. The van der Waals surface area contributed by atoms with Gasteiger partial charge in [0.05, 0.1) is 21.6 Å². The maximum absolute atomic E-state index is 13.5. The van der Waals surface area contributed by atoms with E-state index < -0.39 is 53.8 Å². The fourth-order valence-electron chi connectivity index (χ4n) is 4.40. The highest BCUT2D eigenvalue weighted by Gasteiger charge is 2.40. The fraction of sp³-hybridized carbons (Fsp3) is 0.323. The molecule has 3 aromatic carbocycles. The first-order valence-corrected chi connectivity index (χ1v) is 18.4. The van der Waals surface area contributed by atoms with Crippen molar-refractivity contribution in [1.29, 1.82) is 0 Å². The number of rotatable bonds is 10. The first-order chi connectivity index (χ1) is 20.8. The van der Waals surface area contributed by atoms with Crippen LogP contribution in [-0.2, 0) is 25.5 Å². The minimum absolute atomic E-state index is 0.122. The molecule has 0 aliphatic carbocycles. The molecule has 0 saturated carbocycles. The van der Waals surface area contributed by atoms with Crippen LogP contribution >= 0.6 is 0 Å². The topological polar surface area (TPSA) is 122 Å². The van der Waals surface area contributed by atoms with E-state index in [0.717, 1.165) is 23.1 Å². The molecule has 1 atom stereocenters. The monoisotopic (exact) mass is 661 g/mol. The van der Waals surface area contributed by atoms with Gasteiger partial charge in [-0.05, 0) is 66.0 Å². The molecule has 0 unspecified atom stereocenters. The fourth-order valence-corrected chi connectivity index (χ4v) is 6.29. The van der Waals surface area contributed by atoms with E-state index in [1.165, 1.54) is 42.5 Å². The molecule has 0 radical (unpaired) electrons. The van der Waals surface area contributed by atoms with Crippen molar-refractivity contribution in [3.63, 3.8) is 0 Å². The average Bonchev–Trinajstić information content (AvgIpc) is 3.22. The van der Waals surface area contributed by atoms with Gasteiger partial charge in [0, 0.05) is 6.54 Å². The Bertz CT molecular complexity index is 1690. The van der Waals surface area contributed by atoms with Gasteiger partial charge in [0.25, 0.3) is 17.7 Å². The van der Waals surface area contributed by atoms with Gasteiger partial charge < -0.3 is 4.53 Å². The van der Waals surface area contributed by atoms with Gasteiger partial charge in [-0.3, -0.25) is 19.3 Å². The standard InChI is InChI=1S/C31H34F3N3O6SSi/c1-30(2,3)45(4,5)43-35-27(38)26(18-19-37-28(39)23-11-6-7-12-24(23)29(37)40)36-44(41,42)21-16-14-20(15-17-21)22-10-8-9-13-25(22)31(32,33)34/h6-17,26,36H,18-19H2,1-5H3,(H,35,38)/t26-/m1/s1. The quantitative estimate of drug-likeness (QED) is 0.162. The van der Waals surface area contributed by atoms with Crippen LogP contribution in [0.15, 0.2) is 77.7 Å². The summed E-state index contributed by atoms with van der Waals surface area (Å²) < 4.78 is 75.6. The van der Waals surface area contributed by atoms with Crippen LogP contribution in [-0.4, -0.2) is 51.9 Å². The highest BCUT2D eigenvalue weighted by Crippen LogP contribution is 2.37. The van der Waals surface area contributed by atoms with Crippen LogP contribution in [0.5, 0.6) is 0 Å². The smallest absolute Gasteiger partial charge is 0.319 e. The summed E-state index contributed by atoms with van der Waals surface area (Å²) >= 11 is 0. The molecular formula is C31H34F3N3O6SSi. The number of sulfonamides is 1. The van der Waals surface area contributed by atoms with E-state index in [4.69, 9.17) is 4.53 Å². The zero-order valence-corrected chi connectivity index (χ0v) is 27.2. The predicted molar refractivity (Wildman–Crippen MR) is 164 cm³/mol. The van der Waals surface area contributed by atoms with E-state index in [2.05, 4.69) is 10.2 Å². The molecule has 45 heavy (non-hydrogen) atoms. The minimum Gasteiger partial charge on any atom is -0.319 e. The molecule has 0 aromatic heterocycles. The zero-order chi connectivity index (χ0) is 33.4. The van der Waals surface area contributed by atoms with Crippen molar-refractivity contribution >= 4 is 36.1 Å². The Morgan fingerprint density at radius 1 is 0.867 bits per heavy atom. The van der Waals surface area contributed by atoms with Crippen molar-refractivity contribution in [1.82, 2.24) is 15.1 Å². The number of carbonyl (C=O) groups is 3. The summed E-state index contributed by atoms with van der Waals surface area (Å²) in [7, 11) is -6.93. The average molecular weight is 662 g/mol. The Morgan fingerprint density at radius 2 is 1.38 bits per heavy atom. The van der Waals surface area contributed by atoms with Gasteiger partial charge in [0.15, 0.2) is 0 Å². The van der Waals surface area contributed by atoms with Crippen LogP contribution in [0.4, 0.5) is 13.2 Å². The number of hydrogen-bond acceptors (Lipinski definition) is 6. The van der Waals surface area contributed by atoms with Gasteiger partial charge in [-0.25, -0.2) is 13.9 Å². The number of hydroxylamine groups is 1. The van der Waals surface area contributed by atoms with Gasteiger partial charge in [0.2, 0.25) is 18.3 Å². The number of fused-ring (bicyclic) bond motifs is 1. The molecule has 240 valence electrons. The normalized spacial score (nSPS) is 14.8. The summed E-state index contributed by atoms with van der Waals surface area (Å²) in [6.07, 6.45) is -4.90. The number of imide groups is 1. The molecule has 3 aromatic rings. The predicted octanol–water partition coefficient (Wildman–Crippen LogP) is 5.76. The lowest BCUT2D eigenvalue weighted by Crippen LogP contribution is -2.53. The van der Waals surface area contributed by atoms with Crippen molar-refractivity contribution in [2.45, 2.75) is 62.4 Å². The lowest BCUT2D eigenvalue weighted by atomic mass is 9.99. The molecule has 0 spiro atoms. The minimum atomic E-state index is -4.62. The van der Waals surface area contributed by atoms with Gasteiger partial charge in [-0.15, -0.1) is 0 Å². The molecule has 1 heterocycles. The molecule has 1 aliphatic rings. The van der Waals surface area contributed by atoms with E-state index in [1.807, 2.05) is 33.9 Å². The number of alkyl halides is 3. The Labute approximate surface area is 260 Å². The van der Waals surface area contributed by atoms with Gasteiger partial charge in [0.1, 0.15) is 6.04 Å². The molecule has 0 fully saturated rings. The van der Waals surface area contributed by atoms with Crippen LogP contribution in [0.2, 0.25) is 18.1 Å². The van der Waals surface area contributed by atoms with E-state index >= 15 is 0 Å². The maximum atomic E-state index is 13.5. The SMILES string of the molecule is CC(C)(C)[Si](C)(C)ONC(=O)[C@@H](CCN1C(=O)c2ccccc2C1=O)NS(=O)(=O)c1ccc(-c2ccccc2C(F)(F)F)cc1. The Balaban J connectivity index is 1.58. The van der Waals surface area contributed by atoms with Gasteiger partial charge in [-0.1, -0.05) is 63.2 Å². The van der Waals surface area contributed by atoms with Crippen LogP contribution < -0.4 is 10.2 Å². The van der Waals surface area contributed by atoms with E-state index in [9.17, 15) is 36.0 Å². The number of benzene rings is 3. The van der Waals surface area contributed by atoms with Crippen molar-refractivity contribution < 1.29 is 40.5 Å². The second-order valence-corrected chi connectivity index (χ2v) is 18.6. The third-order valence-electron chi connectivity index (χ3n) is 8.05. The van der Waals surface area contributed by atoms with Crippen molar-refractivity contribution in [3.8, 4) is 11.1 Å². The third kappa shape index (κ3) is 7.35. The Morgan fingerprint density at radius 3 is 1.89 bits per heavy atom. The molecule has 0 saturated heterocycles. The van der Waals surface area contributed by atoms with Crippen molar-refractivity contribution in [2.75, 3.05) is 6.54 Å². The lowest BCUT2D eigenvalue weighted by Gasteiger charge is -2.35. The highest BCUT2D eigenvalue weighted by molar-refractivity contribution is 7.89.